The average molecular weight is 270 g/mol. The van der Waals surface area contributed by atoms with Crippen LogP contribution in [0, 0.1) is 0 Å². The number of aldehydes is 1. The van der Waals surface area contributed by atoms with E-state index in [1.807, 2.05) is 20.8 Å². The van der Waals surface area contributed by atoms with Crippen LogP contribution in [0.15, 0.2) is 18.2 Å². The van der Waals surface area contributed by atoms with E-state index in [1.54, 1.807) is 12.1 Å². The van der Waals surface area contributed by atoms with Gasteiger partial charge in [0.2, 0.25) is 0 Å². The molecule has 1 rings (SSSR count). The lowest BCUT2D eigenvalue weighted by Crippen LogP contribution is -2.11. The van der Waals surface area contributed by atoms with Gasteiger partial charge in [-0.15, -0.1) is 0 Å². The minimum absolute atomic E-state index is 0.0166. The van der Waals surface area contributed by atoms with Gasteiger partial charge in [0.25, 0.3) is 0 Å². The van der Waals surface area contributed by atoms with Gasteiger partial charge in [-0.25, -0.2) is 0 Å². The second-order valence-corrected chi connectivity index (χ2v) is 3.53. The van der Waals surface area contributed by atoms with Crippen molar-refractivity contribution in [1.29, 1.82) is 0 Å². The van der Waals surface area contributed by atoms with Gasteiger partial charge < -0.3 is 19.3 Å². The molecule has 5 nitrogen and oxygen atoms in total. The summed E-state index contributed by atoms with van der Waals surface area (Å²) in [6, 6.07) is 4.47. The van der Waals surface area contributed by atoms with E-state index in [-0.39, 0.29) is 12.0 Å². The highest BCUT2D eigenvalue weighted by atomic mass is 16.7. The van der Waals surface area contributed by atoms with E-state index in [0.717, 1.165) is 13.2 Å². The second-order valence-electron chi connectivity index (χ2n) is 3.53. The van der Waals surface area contributed by atoms with Crippen LogP contribution in [0.2, 0.25) is 0 Å². The standard InChI is InChI=1S/C8H8O3.C6H14O2/c1-11-8-3-2-6(5-9)4-7(8)10;1-4-7-6(3)8-5-2/h2-5,10H,1H3;6H,4-5H2,1-3H3. The van der Waals surface area contributed by atoms with Crippen LogP contribution in [-0.2, 0) is 9.47 Å². The number of ether oxygens (including phenoxy) is 3. The van der Waals surface area contributed by atoms with E-state index in [9.17, 15) is 4.79 Å². The number of rotatable bonds is 6. The van der Waals surface area contributed by atoms with Crippen molar-refractivity contribution in [3.8, 4) is 11.5 Å². The van der Waals surface area contributed by atoms with Crippen molar-refractivity contribution in [2.75, 3.05) is 20.3 Å². The van der Waals surface area contributed by atoms with Gasteiger partial charge in [0.1, 0.15) is 6.29 Å². The molecule has 0 heterocycles. The molecule has 0 amide bonds. The molecule has 0 atom stereocenters. The van der Waals surface area contributed by atoms with Crippen LogP contribution in [0.25, 0.3) is 0 Å². The van der Waals surface area contributed by atoms with Crippen LogP contribution in [-0.4, -0.2) is 38.0 Å². The number of methoxy groups -OCH3 is 1. The van der Waals surface area contributed by atoms with Crippen LogP contribution in [0.5, 0.6) is 11.5 Å². The topological polar surface area (TPSA) is 65.0 Å². The molecule has 0 aromatic heterocycles. The third-order valence-electron chi connectivity index (χ3n) is 2.14. The monoisotopic (exact) mass is 270 g/mol. The summed E-state index contributed by atoms with van der Waals surface area (Å²) in [5.74, 6) is 0.354. The number of hydrogen-bond acceptors (Lipinski definition) is 5. The summed E-state index contributed by atoms with van der Waals surface area (Å²) in [6.45, 7) is 7.25. The van der Waals surface area contributed by atoms with E-state index < -0.39 is 0 Å². The first kappa shape index (κ1) is 17.4. The fraction of sp³-hybridized carbons (Fsp3) is 0.500. The van der Waals surface area contributed by atoms with Gasteiger partial charge in [-0.3, -0.25) is 4.79 Å². The summed E-state index contributed by atoms with van der Waals surface area (Å²) in [6.07, 6.45) is 0.629. The van der Waals surface area contributed by atoms with Crippen LogP contribution >= 0.6 is 0 Å². The largest absolute Gasteiger partial charge is 0.504 e. The number of benzene rings is 1. The fourth-order valence-electron chi connectivity index (χ4n) is 1.30. The molecular formula is C14H22O5. The molecule has 1 N–H and O–H groups in total. The molecule has 0 bridgehead atoms. The highest BCUT2D eigenvalue weighted by molar-refractivity contribution is 5.76. The predicted molar refractivity (Wildman–Crippen MR) is 72.8 cm³/mol. The Kier molecular flexibility index (Phi) is 9.48. The lowest BCUT2D eigenvalue weighted by atomic mass is 10.2. The summed E-state index contributed by atoms with van der Waals surface area (Å²) in [5, 5.41) is 9.14. The molecular weight excluding hydrogens is 248 g/mol. The SMILES string of the molecule is CCOC(C)OCC.COc1ccc(C=O)cc1O. The van der Waals surface area contributed by atoms with Gasteiger partial charge in [-0.2, -0.15) is 0 Å². The Labute approximate surface area is 114 Å². The van der Waals surface area contributed by atoms with Gasteiger partial charge in [-0.1, -0.05) is 0 Å². The molecule has 0 saturated heterocycles. The van der Waals surface area contributed by atoms with Crippen molar-refractivity contribution < 1.29 is 24.1 Å². The first-order valence-electron chi connectivity index (χ1n) is 6.14. The van der Waals surface area contributed by atoms with E-state index >= 15 is 0 Å². The highest BCUT2D eigenvalue weighted by Crippen LogP contribution is 2.25. The van der Waals surface area contributed by atoms with Crippen molar-refractivity contribution in [2.45, 2.75) is 27.1 Å². The number of carbonyl (C=O) groups is 1. The Morgan fingerprint density at radius 3 is 2.21 bits per heavy atom. The van der Waals surface area contributed by atoms with Gasteiger partial charge in [0.15, 0.2) is 17.8 Å². The number of carbonyl (C=O) groups excluding carboxylic acids is 1. The second kappa shape index (κ2) is 10.3. The van der Waals surface area contributed by atoms with Crippen molar-refractivity contribution in [3.05, 3.63) is 23.8 Å². The van der Waals surface area contributed by atoms with Crippen molar-refractivity contribution in [1.82, 2.24) is 0 Å². The third kappa shape index (κ3) is 7.43. The fourth-order valence-corrected chi connectivity index (χ4v) is 1.30. The number of hydrogen-bond donors (Lipinski definition) is 1. The first-order valence-corrected chi connectivity index (χ1v) is 6.14. The smallest absolute Gasteiger partial charge is 0.160 e. The molecule has 19 heavy (non-hydrogen) atoms. The molecule has 0 aliphatic carbocycles. The number of phenols is 1. The van der Waals surface area contributed by atoms with Crippen molar-refractivity contribution in [2.24, 2.45) is 0 Å². The van der Waals surface area contributed by atoms with Crippen LogP contribution < -0.4 is 4.74 Å². The zero-order valence-corrected chi connectivity index (χ0v) is 11.9. The average Bonchev–Trinajstić information content (AvgIpc) is 2.40. The number of aromatic hydroxyl groups is 1. The predicted octanol–water partition coefficient (Wildman–Crippen LogP) is 2.62. The Hall–Kier alpha value is -1.59. The molecule has 0 unspecified atom stereocenters. The Balaban J connectivity index is 0.000000362. The summed E-state index contributed by atoms with van der Waals surface area (Å²) < 4.78 is 14.9. The normalized spacial score (nSPS) is 9.74. The molecule has 108 valence electrons. The third-order valence-corrected chi connectivity index (χ3v) is 2.14. The molecule has 1 aromatic rings. The van der Waals surface area contributed by atoms with Crippen LogP contribution in [0.4, 0.5) is 0 Å². The Morgan fingerprint density at radius 1 is 1.26 bits per heavy atom. The Morgan fingerprint density at radius 2 is 1.84 bits per heavy atom. The van der Waals surface area contributed by atoms with E-state index in [2.05, 4.69) is 0 Å². The molecule has 1 aromatic carbocycles. The minimum atomic E-state index is -0.0370. The molecule has 0 aliphatic rings. The molecule has 0 aliphatic heterocycles. The maximum atomic E-state index is 10.2. The van der Waals surface area contributed by atoms with Crippen LogP contribution in [0.3, 0.4) is 0 Å². The maximum Gasteiger partial charge on any atom is 0.160 e. The first-order chi connectivity index (χ1) is 9.08. The van der Waals surface area contributed by atoms with E-state index in [4.69, 9.17) is 19.3 Å². The minimum Gasteiger partial charge on any atom is -0.504 e. The zero-order valence-electron chi connectivity index (χ0n) is 11.9. The molecule has 0 spiro atoms. The molecule has 0 saturated carbocycles. The quantitative estimate of drug-likeness (QED) is 0.636. The zero-order chi connectivity index (χ0) is 14.7. The Bertz CT molecular complexity index is 359. The highest BCUT2D eigenvalue weighted by Gasteiger charge is 2.00. The molecule has 0 fully saturated rings. The summed E-state index contributed by atoms with van der Waals surface area (Å²) in [5.41, 5.74) is 0.434. The number of phenolic OH excluding ortho intramolecular Hbond substituents is 1. The van der Waals surface area contributed by atoms with Gasteiger partial charge in [0.05, 0.1) is 7.11 Å². The van der Waals surface area contributed by atoms with E-state index in [1.165, 1.54) is 13.2 Å². The lowest BCUT2D eigenvalue weighted by Gasteiger charge is -2.09. The summed E-state index contributed by atoms with van der Waals surface area (Å²) in [7, 11) is 1.45. The van der Waals surface area contributed by atoms with Crippen molar-refractivity contribution in [3.63, 3.8) is 0 Å². The van der Waals surface area contributed by atoms with Crippen molar-refractivity contribution >= 4 is 6.29 Å². The summed E-state index contributed by atoms with van der Waals surface area (Å²) in [4.78, 5) is 10.2. The van der Waals surface area contributed by atoms with Gasteiger partial charge in [0, 0.05) is 18.8 Å². The van der Waals surface area contributed by atoms with Crippen LogP contribution in [0.1, 0.15) is 31.1 Å². The van der Waals surface area contributed by atoms with E-state index in [0.29, 0.717) is 17.6 Å². The van der Waals surface area contributed by atoms with Gasteiger partial charge >= 0.3 is 0 Å². The molecule has 5 heteroatoms. The summed E-state index contributed by atoms with van der Waals surface area (Å²) >= 11 is 0. The lowest BCUT2D eigenvalue weighted by molar-refractivity contribution is -0.123. The molecule has 0 radical (unpaired) electrons. The maximum absolute atomic E-state index is 10.2. The van der Waals surface area contributed by atoms with Gasteiger partial charge in [-0.05, 0) is 39.0 Å².